The van der Waals surface area contributed by atoms with Gasteiger partial charge in [0, 0.05) is 39.6 Å². The maximum atomic E-state index is 12.8. The summed E-state index contributed by atoms with van der Waals surface area (Å²) in [5, 5.41) is 1.81. The van der Waals surface area contributed by atoms with Crippen molar-refractivity contribution in [1.29, 1.82) is 0 Å². The summed E-state index contributed by atoms with van der Waals surface area (Å²) in [6, 6.07) is 0. The van der Waals surface area contributed by atoms with Gasteiger partial charge < -0.3 is 4.57 Å². The zero-order valence-electron chi connectivity index (χ0n) is 15.3. The first-order valence-corrected chi connectivity index (χ1v) is 8.60. The monoisotopic (exact) mass is 346 g/mol. The minimum atomic E-state index is -0.354. The summed E-state index contributed by atoms with van der Waals surface area (Å²) in [7, 11) is 3.17. The van der Waals surface area contributed by atoms with Crippen LogP contribution in [0.4, 0.5) is 0 Å². The van der Waals surface area contributed by atoms with Crippen molar-refractivity contribution in [1.82, 2.24) is 23.7 Å². The fourth-order valence-electron chi connectivity index (χ4n) is 3.39. The van der Waals surface area contributed by atoms with Crippen LogP contribution in [0.1, 0.15) is 38.4 Å². The molecule has 2 aromatic heterocycles. The molecule has 8 heteroatoms. The molecular weight excluding hydrogens is 320 g/mol. The predicted molar refractivity (Wildman–Crippen MR) is 97.4 cm³/mol. The van der Waals surface area contributed by atoms with Gasteiger partial charge in [-0.25, -0.2) is 14.8 Å². The molecule has 136 valence electrons. The number of fused-ring (bicyclic) bond motifs is 1. The van der Waals surface area contributed by atoms with E-state index >= 15 is 0 Å². The summed E-state index contributed by atoms with van der Waals surface area (Å²) in [5.41, 5.74) is 1.47. The van der Waals surface area contributed by atoms with Crippen molar-refractivity contribution in [3.05, 3.63) is 38.3 Å². The number of imidazole rings is 1. The number of piperidine rings is 1. The lowest BCUT2D eigenvalue weighted by Gasteiger charge is -2.28. The van der Waals surface area contributed by atoms with Gasteiger partial charge in [-0.1, -0.05) is 11.6 Å². The lowest BCUT2D eigenvalue weighted by molar-refractivity contribution is 0.213. The molecule has 0 saturated carbocycles. The Morgan fingerprint density at radius 1 is 1.20 bits per heavy atom. The number of hydrogen-bond acceptors (Lipinski definition) is 5. The molecular formula is C17H26N6O2. The SMILES string of the molecule is CC(C)=CCn1c(C2CCN(N)CC2)nc2c1c(=O)n(C)c(=O)n2C. The summed E-state index contributed by atoms with van der Waals surface area (Å²) in [5.74, 6) is 6.98. The van der Waals surface area contributed by atoms with Gasteiger partial charge in [0.15, 0.2) is 11.2 Å². The first-order chi connectivity index (χ1) is 11.8. The smallest absolute Gasteiger partial charge is 0.318 e. The van der Waals surface area contributed by atoms with Crippen LogP contribution in [0.15, 0.2) is 21.2 Å². The minimum absolute atomic E-state index is 0.234. The molecule has 0 radical (unpaired) electrons. The van der Waals surface area contributed by atoms with Gasteiger partial charge in [-0.3, -0.25) is 19.8 Å². The van der Waals surface area contributed by atoms with Gasteiger partial charge in [-0.15, -0.1) is 0 Å². The van der Waals surface area contributed by atoms with Crippen LogP contribution in [0, 0.1) is 0 Å². The van der Waals surface area contributed by atoms with Gasteiger partial charge >= 0.3 is 5.69 Å². The van der Waals surface area contributed by atoms with E-state index in [1.165, 1.54) is 17.2 Å². The molecule has 1 fully saturated rings. The van der Waals surface area contributed by atoms with E-state index in [1.807, 2.05) is 23.4 Å². The van der Waals surface area contributed by atoms with Crippen LogP contribution in [0.5, 0.6) is 0 Å². The summed E-state index contributed by atoms with van der Waals surface area (Å²) in [4.78, 5) is 29.7. The van der Waals surface area contributed by atoms with E-state index < -0.39 is 0 Å². The van der Waals surface area contributed by atoms with E-state index in [0.717, 1.165) is 36.3 Å². The first kappa shape index (κ1) is 17.6. The number of nitrogens with two attached hydrogens (primary N) is 1. The molecule has 8 nitrogen and oxygen atoms in total. The van der Waals surface area contributed by atoms with Gasteiger partial charge in [0.2, 0.25) is 0 Å². The van der Waals surface area contributed by atoms with Crippen molar-refractivity contribution in [2.75, 3.05) is 13.1 Å². The fourth-order valence-corrected chi connectivity index (χ4v) is 3.39. The average molecular weight is 346 g/mol. The largest absolute Gasteiger partial charge is 0.332 e. The Morgan fingerprint density at radius 3 is 2.44 bits per heavy atom. The molecule has 1 aliphatic rings. The topological polar surface area (TPSA) is 91.1 Å². The van der Waals surface area contributed by atoms with Gasteiger partial charge in [-0.05, 0) is 26.7 Å². The summed E-state index contributed by atoms with van der Waals surface area (Å²) in [6.45, 7) is 6.23. The second-order valence-corrected chi connectivity index (χ2v) is 7.05. The molecule has 2 aromatic rings. The molecule has 0 aromatic carbocycles. The zero-order chi connectivity index (χ0) is 18.3. The van der Waals surface area contributed by atoms with Crippen molar-refractivity contribution >= 4 is 11.2 Å². The van der Waals surface area contributed by atoms with Crippen LogP contribution in [0.2, 0.25) is 0 Å². The van der Waals surface area contributed by atoms with Crippen LogP contribution in [0.3, 0.4) is 0 Å². The minimum Gasteiger partial charge on any atom is -0.318 e. The van der Waals surface area contributed by atoms with Crippen LogP contribution < -0.4 is 17.1 Å². The predicted octanol–water partition coefficient (Wildman–Crippen LogP) is 0.453. The number of aromatic nitrogens is 4. The Hall–Kier alpha value is -2.19. The molecule has 3 heterocycles. The third-order valence-corrected chi connectivity index (χ3v) is 4.95. The van der Waals surface area contributed by atoms with E-state index in [4.69, 9.17) is 10.8 Å². The van der Waals surface area contributed by atoms with Crippen molar-refractivity contribution in [2.45, 2.75) is 39.2 Å². The molecule has 0 aliphatic carbocycles. The highest BCUT2D eigenvalue weighted by molar-refractivity contribution is 5.71. The standard InChI is InChI=1S/C17H26N6O2/c1-11(2)5-10-23-13-15(20(3)17(25)21(4)16(13)24)19-14(23)12-6-8-22(18)9-7-12/h5,12H,6-10,18H2,1-4H3. The quantitative estimate of drug-likeness (QED) is 0.644. The molecule has 2 N–H and O–H groups in total. The number of rotatable bonds is 3. The van der Waals surface area contributed by atoms with Gasteiger partial charge in [0.05, 0.1) is 0 Å². The second kappa shape index (κ2) is 6.61. The maximum Gasteiger partial charge on any atom is 0.332 e. The van der Waals surface area contributed by atoms with E-state index in [0.29, 0.717) is 17.7 Å². The highest BCUT2D eigenvalue weighted by Gasteiger charge is 2.26. The fraction of sp³-hybridized carbons (Fsp3) is 0.588. The van der Waals surface area contributed by atoms with E-state index in [9.17, 15) is 9.59 Å². The number of allylic oxidation sites excluding steroid dienone is 2. The molecule has 3 rings (SSSR count). The third kappa shape index (κ3) is 3.07. The first-order valence-electron chi connectivity index (χ1n) is 8.60. The number of aryl methyl sites for hydroxylation is 1. The van der Waals surface area contributed by atoms with Gasteiger partial charge in [-0.2, -0.15) is 0 Å². The lowest BCUT2D eigenvalue weighted by atomic mass is 9.97. The van der Waals surface area contributed by atoms with Crippen molar-refractivity contribution in [3.8, 4) is 0 Å². The average Bonchev–Trinajstić information content (AvgIpc) is 2.96. The third-order valence-electron chi connectivity index (χ3n) is 4.95. The summed E-state index contributed by atoms with van der Waals surface area (Å²) >= 11 is 0. The van der Waals surface area contributed by atoms with Crippen molar-refractivity contribution in [3.63, 3.8) is 0 Å². The number of hydrazine groups is 1. The highest BCUT2D eigenvalue weighted by Crippen LogP contribution is 2.28. The zero-order valence-corrected chi connectivity index (χ0v) is 15.3. The van der Waals surface area contributed by atoms with Crippen LogP contribution >= 0.6 is 0 Å². The highest BCUT2D eigenvalue weighted by atomic mass is 16.2. The molecule has 0 spiro atoms. The van der Waals surface area contributed by atoms with Crippen molar-refractivity contribution < 1.29 is 0 Å². The molecule has 0 amide bonds. The Morgan fingerprint density at radius 2 is 1.84 bits per heavy atom. The van der Waals surface area contributed by atoms with Crippen LogP contribution in [0.25, 0.3) is 11.2 Å². The number of hydrogen-bond donors (Lipinski definition) is 1. The molecule has 1 saturated heterocycles. The molecule has 1 aliphatic heterocycles. The normalized spacial score (nSPS) is 16.5. The Kier molecular flexibility index (Phi) is 4.66. The molecule has 0 bridgehead atoms. The Labute approximate surface area is 146 Å². The van der Waals surface area contributed by atoms with E-state index in [2.05, 4.69) is 6.08 Å². The second-order valence-electron chi connectivity index (χ2n) is 7.05. The maximum absolute atomic E-state index is 12.8. The summed E-state index contributed by atoms with van der Waals surface area (Å²) < 4.78 is 4.58. The Balaban J connectivity index is 2.25. The Bertz CT molecular complexity index is 937. The van der Waals surface area contributed by atoms with Gasteiger partial charge in [0.25, 0.3) is 5.56 Å². The molecule has 0 atom stereocenters. The van der Waals surface area contributed by atoms with Gasteiger partial charge in [0.1, 0.15) is 5.82 Å². The van der Waals surface area contributed by atoms with E-state index in [1.54, 1.807) is 7.05 Å². The van der Waals surface area contributed by atoms with Crippen LogP contribution in [-0.4, -0.2) is 36.8 Å². The summed E-state index contributed by atoms with van der Waals surface area (Å²) in [6.07, 6.45) is 3.86. The van der Waals surface area contributed by atoms with Crippen LogP contribution in [-0.2, 0) is 20.6 Å². The van der Waals surface area contributed by atoms with Crippen molar-refractivity contribution in [2.24, 2.45) is 19.9 Å². The molecule has 25 heavy (non-hydrogen) atoms. The number of nitrogens with zero attached hydrogens (tertiary/aromatic N) is 5. The molecule has 0 unspecified atom stereocenters. The lowest BCUT2D eigenvalue weighted by Crippen LogP contribution is -2.38. The van der Waals surface area contributed by atoms with E-state index in [-0.39, 0.29) is 17.2 Å².